The van der Waals surface area contributed by atoms with Crippen molar-refractivity contribution in [1.29, 1.82) is 0 Å². The van der Waals surface area contributed by atoms with E-state index in [1.165, 1.54) is 6.26 Å². The van der Waals surface area contributed by atoms with Gasteiger partial charge in [-0.3, -0.25) is 4.79 Å². The molecule has 0 aliphatic rings. The second-order valence-electron chi connectivity index (χ2n) is 4.13. The first kappa shape index (κ1) is 13.9. The monoisotopic (exact) mass is 239 g/mol. The van der Waals surface area contributed by atoms with Crippen LogP contribution in [0, 0.1) is 0 Å². The number of carbonyl (C=O) groups is 1. The van der Waals surface area contributed by atoms with E-state index >= 15 is 0 Å². The summed E-state index contributed by atoms with van der Waals surface area (Å²) in [6, 6.07) is 3.47. The Morgan fingerprint density at radius 1 is 1.59 bits per heavy atom. The van der Waals surface area contributed by atoms with Gasteiger partial charge in [0.25, 0.3) is 0 Å². The van der Waals surface area contributed by atoms with Crippen molar-refractivity contribution in [1.82, 2.24) is 5.32 Å². The Morgan fingerprint density at radius 2 is 2.41 bits per heavy atom. The fourth-order valence-electron chi connectivity index (χ4n) is 1.66. The summed E-state index contributed by atoms with van der Waals surface area (Å²) < 4.78 is 5.02. The van der Waals surface area contributed by atoms with E-state index in [1.54, 1.807) is 12.1 Å². The lowest BCUT2D eigenvalue weighted by Crippen LogP contribution is -2.34. The topological polar surface area (TPSA) is 62.5 Å². The fraction of sp³-hybridized carbons (Fsp3) is 0.615. The molecule has 17 heavy (non-hydrogen) atoms. The van der Waals surface area contributed by atoms with Crippen molar-refractivity contribution in [2.24, 2.45) is 0 Å². The van der Waals surface area contributed by atoms with Gasteiger partial charge in [-0.25, -0.2) is 0 Å². The molecule has 0 aromatic carbocycles. The van der Waals surface area contributed by atoms with Gasteiger partial charge in [-0.15, -0.1) is 0 Å². The normalized spacial score (nSPS) is 12.6. The van der Waals surface area contributed by atoms with Crippen molar-refractivity contribution >= 4 is 5.78 Å². The molecule has 4 heteroatoms. The number of carbonyl (C=O) groups excluding carboxylic acids is 1. The third-order valence-electron chi connectivity index (χ3n) is 2.71. The molecule has 1 atom stereocenters. The molecule has 2 N–H and O–H groups in total. The van der Waals surface area contributed by atoms with Crippen LogP contribution in [0.4, 0.5) is 0 Å². The minimum absolute atomic E-state index is 0.00492. The minimum Gasteiger partial charge on any atom is -0.461 e. The molecular formula is C13H21NO3. The van der Waals surface area contributed by atoms with Gasteiger partial charge in [0.1, 0.15) is 0 Å². The predicted octanol–water partition coefficient (Wildman–Crippen LogP) is 1.99. The molecule has 0 bridgehead atoms. The molecule has 0 aliphatic heterocycles. The van der Waals surface area contributed by atoms with Crippen LogP contribution in [-0.2, 0) is 0 Å². The average molecular weight is 239 g/mol. The molecule has 0 spiro atoms. The van der Waals surface area contributed by atoms with E-state index in [9.17, 15) is 4.79 Å². The van der Waals surface area contributed by atoms with E-state index in [-0.39, 0.29) is 18.4 Å². The number of hydrogen-bond acceptors (Lipinski definition) is 4. The van der Waals surface area contributed by atoms with E-state index in [0.717, 1.165) is 19.3 Å². The summed E-state index contributed by atoms with van der Waals surface area (Å²) in [4.78, 5) is 11.6. The first-order chi connectivity index (χ1) is 8.27. The number of aliphatic hydroxyl groups excluding tert-OH is 1. The summed E-state index contributed by atoms with van der Waals surface area (Å²) in [7, 11) is 0. The van der Waals surface area contributed by atoms with Crippen molar-refractivity contribution in [2.45, 2.75) is 38.6 Å². The van der Waals surface area contributed by atoms with E-state index in [0.29, 0.717) is 18.7 Å². The minimum atomic E-state index is -0.00492. The zero-order valence-electron chi connectivity index (χ0n) is 10.3. The number of unbranched alkanes of at least 4 members (excludes halogenated alkanes) is 1. The molecule has 0 radical (unpaired) electrons. The number of rotatable bonds is 9. The van der Waals surface area contributed by atoms with Crippen LogP contribution in [-0.4, -0.2) is 30.1 Å². The molecule has 0 saturated carbocycles. The van der Waals surface area contributed by atoms with Gasteiger partial charge >= 0.3 is 0 Å². The highest BCUT2D eigenvalue weighted by molar-refractivity contribution is 5.93. The van der Waals surface area contributed by atoms with Crippen LogP contribution in [0.15, 0.2) is 22.8 Å². The summed E-state index contributed by atoms with van der Waals surface area (Å²) >= 11 is 0. The smallest absolute Gasteiger partial charge is 0.199 e. The van der Waals surface area contributed by atoms with Gasteiger partial charge in [-0.2, -0.15) is 0 Å². The highest BCUT2D eigenvalue weighted by Gasteiger charge is 2.10. The van der Waals surface area contributed by atoms with Crippen LogP contribution < -0.4 is 5.32 Å². The second-order valence-corrected chi connectivity index (χ2v) is 4.13. The van der Waals surface area contributed by atoms with Gasteiger partial charge in [0.05, 0.1) is 12.9 Å². The molecule has 0 fully saturated rings. The van der Waals surface area contributed by atoms with Crippen LogP contribution in [0.3, 0.4) is 0 Å². The van der Waals surface area contributed by atoms with Crippen molar-refractivity contribution in [3.05, 3.63) is 24.2 Å². The predicted molar refractivity (Wildman–Crippen MR) is 66.1 cm³/mol. The maximum Gasteiger partial charge on any atom is 0.199 e. The standard InChI is InChI=1S/C13H21NO3/c1-2-3-5-11(10-15)14-8-7-12(16)13-6-4-9-17-13/h4,6,9,11,14-15H,2-3,5,7-8,10H2,1H3. The van der Waals surface area contributed by atoms with Gasteiger partial charge in [-0.05, 0) is 18.6 Å². The Hall–Kier alpha value is -1.13. The number of furan rings is 1. The highest BCUT2D eigenvalue weighted by Crippen LogP contribution is 2.04. The number of nitrogens with one attached hydrogen (secondary N) is 1. The molecular weight excluding hydrogens is 218 g/mol. The van der Waals surface area contributed by atoms with Gasteiger partial charge < -0.3 is 14.8 Å². The summed E-state index contributed by atoms with van der Waals surface area (Å²) in [5, 5.41) is 12.3. The molecule has 1 rings (SSSR count). The molecule has 1 aromatic rings. The lowest BCUT2D eigenvalue weighted by atomic mass is 10.1. The van der Waals surface area contributed by atoms with E-state index in [4.69, 9.17) is 9.52 Å². The second kappa shape index (κ2) is 8.03. The van der Waals surface area contributed by atoms with Crippen molar-refractivity contribution in [3.63, 3.8) is 0 Å². The van der Waals surface area contributed by atoms with Crippen LogP contribution in [0.2, 0.25) is 0 Å². The SMILES string of the molecule is CCCCC(CO)NCCC(=O)c1ccco1. The lowest BCUT2D eigenvalue weighted by Gasteiger charge is -2.15. The molecule has 1 unspecified atom stereocenters. The van der Waals surface area contributed by atoms with Gasteiger partial charge in [0.2, 0.25) is 0 Å². The summed E-state index contributed by atoms with van der Waals surface area (Å²) in [5.74, 6) is 0.399. The summed E-state index contributed by atoms with van der Waals surface area (Å²) in [6.45, 7) is 2.82. The largest absolute Gasteiger partial charge is 0.461 e. The molecule has 0 saturated heterocycles. The third kappa shape index (κ3) is 5.15. The van der Waals surface area contributed by atoms with Crippen molar-refractivity contribution in [3.8, 4) is 0 Å². The Morgan fingerprint density at radius 3 is 3.00 bits per heavy atom. The van der Waals surface area contributed by atoms with Crippen LogP contribution in [0.1, 0.15) is 43.2 Å². The van der Waals surface area contributed by atoms with Crippen molar-refractivity contribution < 1.29 is 14.3 Å². The van der Waals surface area contributed by atoms with Crippen LogP contribution >= 0.6 is 0 Å². The Labute approximate surface area is 102 Å². The Bertz CT molecular complexity index is 308. The number of ketones is 1. The zero-order chi connectivity index (χ0) is 12.5. The van der Waals surface area contributed by atoms with Crippen molar-refractivity contribution in [2.75, 3.05) is 13.2 Å². The number of hydrogen-bond donors (Lipinski definition) is 2. The first-order valence-electron chi connectivity index (χ1n) is 6.18. The van der Waals surface area contributed by atoms with Gasteiger partial charge in [-0.1, -0.05) is 19.8 Å². The molecule has 96 valence electrons. The quantitative estimate of drug-likeness (QED) is 0.647. The zero-order valence-corrected chi connectivity index (χ0v) is 10.3. The summed E-state index contributed by atoms with van der Waals surface area (Å²) in [6.07, 6.45) is 5.05. The van der Waals surface area contributed by atoms with Gasteiger partial charge in [0.15, 0.2) is 11.5 Å². The molecule has 1 heterocycles. The highest BCUT2D eigenvalue weighted by atomic mass is 16.3. The molecule has 4 nitrogen and oxygen atoms in total. The average Bonchev–Trinajstić information content (AvgIpc) is 2.87. The van der Waals surface area contributed by atoms with Crippen LogP contribution in [0.5, 0.6) is 0 Å². The van der Waals surface area contributed by atoms with E-state index in [2.05, 4.69) is 12.2 Å². The Balaban J connectivity index is 2.19. The molecule has 0 amide bonds. The maximum atomic E-state index is 11.6. The third-order valence-corrected chi connectivity index (χ3v) is 2.71. The molecule has 0 aliphatic carbocycles. The first-order valence-corrected chi connectivity index (χ1v) is 6.18. The van der Waals surface area contributed by atoms with Gasteiger partial charge in [0, 0.05) is 19.0 Å². The Kier molecular flexibility index (Phi) is 6.58. The lowest BCUT2D eigenvalue weighted by molar-refractivity contribution is 0.0953. The number of aliphatic hydroxyl groups is 1. The van der Waals surface area contributed by atoms with E-state index in [1.807, 2.05) is 0 Å². The molecule has 1 aromatic heterocycles. The summed E-state index contributed by atoms with van der Waals surface area (Å²) in [5.41, 5.74) is 0. The van der Waals surface area contributed by atoms with E-state index < -0.39 is 0 Å². The number of Topliss-reactive ketones (excluding diaryl/α,β-unsaturated/α-hetero) is 1. The maximum absolute atomic E-state index is 11.6. The fourth-order valence-corrected chi connectivity index (χ4v) is 1.66. The van der Waals surface area contributed by atoms with Crippen LogP contribution in [0.25, 0.3) is 0 Å².